The number of rotatable bonds is 5. The molecular formula is C34H23N3O. The summed E-state index contributed by atoms with van der Waals surface area (Å²) in [5, 5.41) is 2.32. The van der Waals surface area contributed by atoms with Crippen LogP contribution in [0.25, 0.3) is 50.1 Å². The first kappa shape index (κ1) is 22.0. The van der Waals surface area contributed by atoms with Gasteiger partial charge in [-0.3, -0.25) is 4.57 Å². The van der Waals surface area contributed by atoms with E-state index in [0.717, 1.165) is 50.5 Å². The first-order valence-corrected chi connectivity index (χ1v) is 12.6. The van der Waals surface area contributed by atoms with E-state index in [4.69, 9.17) is 14.7 Å². The molecule has 0 spiro atoms. The minimum atomic E-state index is 0.553. The molecule has 180 valence electrons. The molecule has 0 unspecified atom stereocenters. The van der Waals surface area contributed by atoms with E-state index in [-0.39, 0.29) is 0 Å². The van der Waals surface area contributed by atoms with Crippen molar-refractivity contribution >= 4 is 21.8 Å². The van der Waals surface area contributed by atoms with Gasteiger partial charge < -0.3 is 4.74 Å². The standard InChI is InChI=1S/C34H23N3O/c1-3-11-24(12-4-1)29-16-9-19-33(35-29)37-31-18-8-7-15-27(31)28-22-21-26(23-32(28)37)38-34-20-10-17-30(36-34)25-13-5-2-6-14-25/h1-23H. The molecule has 0 aliphatic carbocycles. The zero-order chi connectivity index (χ0) is 25.3. The van der Waals surface area contributed by atoms with Crippen LogP contribution >= 0.6 is 0 Å². The highest BCUT2D eigenvalue weighted by atomic mass is 16.5. The van der Waals surface area contributed by atoms with Crippen LogP contribution in [0.5, 0.6) is 11.6 Å². The van der Waals surface area contributed by atoms with E-state index >= 15 is 0 Å². The summed E-state index contributed by atoms with van der Waals surface area (Å²) in [7, 11) is 0. The van der Waals surface area contributed by atoms with Gasteiger partial charge in [0.25, 0.3) is 0 Å². The minimum Gasteiger partial charge on any atom is -0.439 e. The van der Waals surface area contributed by atoms with Gasteiger partial charge in [-0.1, -0.05) is 91.0 Å². The summed E-state index contributed by atoms with van der Waals surface area (Å²) in [5.41, 5.74) is 6.08. The van der Waals surface area contributed by atoms with Crippen molar-refractivity contribution in [2.24, 2.45) is 0 Å². The maximum atomic E-state index is 6.28. The van der Waals surface area contributed by atoms with Crippen molar-refractivity contribution in [3.05, 3.63) is 140 Å². The smallest absolute Gasteiger partial charge is 0.219 e. The molecule has 4 heteroatoms. The molecule has 0 saturated carbocycles. The molecular weight excluding hydrogens is 466 g/mol. The van der Waals surface area contributed by atoms with Crippen LogP contribution in [0, 0.1) is 0 Å². The maximum Gasteiger partial charge on any atom is 0.219 e. The Bertz CT molecular complexity index is 1890. The number of aromatic nitrogens is 3. The van der Waals surface area contributed by atoms with Crippen molar-refractivity contribution in [2.45, 2.75) is 0 Å². The van der Waals surface area contributed by atoms with Gasteiger partial charge in [-0.15, -0.1) is 0 Å². The SMILES string of the molecule is c1ccc(-c2cccc(Oc3ccc4c5ccccc5n(-c5cccc(-c6ccccc6)n5)c4c3)n2)cc1. The highest BCUT2D eigenvalue weighted by molar-refractivity contribution is 6.09. The van der Waals surface area contributed by atoms with Gasteiger partial charge in [-0.05, 0) is 36.4 Å². The summed E-state index contributed by atoms with van der Waals surface area (Å²) in [5.74, 6) is 2.13. The van der Waals surface area contributed by atoms with Crippen molar-refractivity contribution in [2.75, 3.05) is 0 Å². The molecule has 0 amide bonds. The Morgan fingerprint density at radius 3 is 1.87 bits per heavy atom. The fourth-order valence-electron chi connectivity index (χ4n) is 4.94. The summed E-state index contributed by atoms with van der Waals surface area (Å²) >= 11 is 0. The quantitative estimate of drug-likeness (QED) is 0.243. The lowest BCUT2D eigenvalue weighted by Gasteiger charge is -2.10. The van der Waals surface area contributed by atoms with Crippen molar-refractivity contribution < 1.29 is 4.74 Å². The third-order valence-electron chi connectivity index (χ3n) is 6.69. The van der Waals surface area contributed by atoms with Crippen LogP contribution < -0.4 is 4.74 Å². The molecule has 0 saturated heterocycles. The third-order valence-corrected chi connectivity index (χ3v) is 6.69. The van der Waals surface area contributed by atoms with E-state index in [1.165, 1.54) is 5.39 Å². The molecule has 7 rings (SSSR count). The van der Waals surface area contributed by atoms with Crippen LogP contribution in [-0.2, 0) is 0 Å². The van der Waals surface area contributed by atoms with E-state index in [9.17, 15) is 0 Å². The number of hydrogen-bond donors (Lipinski definition) is 0. The molecule has 3 heterocycles. The average Bonchev–Trinajstić information content (AvgIpc) is 3.32. The van der Waals surface area contributed by atoms with Gasteiger partial charge in [0, 0.05) is 34.0 Å². The second-order valence-corrected chi connectivity index (χ2v) is 9.11. The lowest BCUT2D eigenvalue weighted by molar-refractivity contribution is 0.464. The fourth-order valence-corrected chi connectivity index (χ4v) is 4.94. The largest absolute Gasteiger partial charge is 0.439 e. The van der Waals surface area contributed by atoms with Crippen molar-refractivity contribution in [1.29, 1.82) is 0 Å². The molecule has 3 aromatic heterocycles. The van der Waals surface area contributed by atoms with E-state index in [1.807, 2.05) is 78.9 Å². The first-order valence-electron chi connectivity index (χ1n) is 12.6. The van der Waals surface area contributed by atoms with Gasteiger partial charge in [0.1, 0.15) is 11.6 Å². The summed E-state index contributed by atoms with van der Waals surface area (Å²) in [4.78, 5) is 9.80. The maximum absolute atomic E-state index is 6.28. The van der Waals surface area contributed by atoms with Crippen molar-refractivity contribution in [1.82, 2.24) is 14.5 Å². The predicted octanol–water partition coefficient (Wildman–Crippen LogP) is 8.70. The van der Waals surface area contributed by atoms with Gasteiger partial charge in [0.15, 0.2) is 0 Å². The van der Waals surface area contributed by atoms with Gasteiger partial charge in [0.2, 0.25) is 5.88 Å². The number of benzene rings is 4. The van der Waals surface area contributed by atoms with Gasteiger partial charge >= 0.3 is 0 Å². The first-order chi connectivity index (χ1) is 18.8. The molecule has 4 nitrogen and oxygen atoms in total. The van der Waals surface area contributed by atoms with Crippen molar-refractivity contribution in [3.63, 3.8) is 0 Å². The molecule has 4 aromatic carbocycles. The Hall–Kier alpha value is -5.22. The van der Waals surface area contributed by atoms with Crippen LogP contribution in [0.3, 0.4) is 0 Å². The molecule has 38 heavy (non-hydrogen) atoms. The normalized spacial score (nSPS) is 11.2. The molecule has 0 N–H and O–H groups in total. The van der Waals surface area contributed by atoms with Gasteiger partial charge in [0.05, 0.1) is 22.4 Å². The average molecular weight is 490 g/mol. The van der Waals surface area contributed by atoms with Crippen LogP contribution in [-0.4, -0.2) is 14.5 Å². The lowest BCUT2D eigenvalue weighted by atomic mass is 10.1. The molecule has 0 aliphatic rings. The second kappa shape index (κ2) is 9.34. The third kappa shape index (κ3) is 3.98. The second-order valence-electron chi connectivity index (χ2n) is 9.11. The number of hydrogen-bond acceptors (Lipinski definition) is 3. The fraction of sp³-hybridized carbons (Fsp3) is 0. The van der Waals surface area contributed by atoms with E-state index in [1.54, 1.807) is 0 Å². The highest BCUT2D eigenvalue weighted by Crippen LogP contribution is 2.35. The van der Waals surface area contributed by atoms with Crippen LogP contribution in [0.2, 0.25) is 0 Å². The Morgan fingerprint density at radius 1 is 0.474 bits per heavy atom. The van der Waals surface area contributed by atoms with Gasteiger partial charge in [-0.2, -0.15) is 0 Å². The number of ether oxygens (including phenoxy) is 1. The van der Waals surface area contributed by atoms with Crippen molar-refractivity contribution in [3.8, 4) is 40.0 Å². The topological polar surface area (TPSA) is 39.9 Å². The Balaban J connectivity index is 1.34. The number of pyridine rings is 2. The van der Waals surface area contributed by atoms with Crippen LogP contribution in [0.4, 0.5) is 0 Å². The zero-order valence-corrected chi connectivity index (χ0v) is 20.5. The predicted molar refractivity (Wildman–Crippen MR) is 154 cm³/mol. The minimum absolute atomic E-state index is 0.553. The Morgan fingerprint density at radius 2 is 1.11 bits per heavy atom. The molecule has 0 bridgehead atoms. The van der Waals surface area contributed by atoms with E-state index in [2.05, 4.69) is 65.2 Å². The van der Waals surface area contributed by atoms with E-state index < -0.39 is 0 Å². The highest BCUT2D eigenvalue weighted by Gasteiger charge is 2.15. The summed E-state index contributed by atoms with van der Waals surface area (Å²) in [6.07, 6.45) is 0. The molecule has 0 atom stereocenters. The van der Waals surface area contributed by atoms with Gasteiger partial charge in [-0.25, -0.2) is 9.97 Å². The molecule has 0 aliphatic heterocycles. The number of nitrogens with zero attached hydrogens (tertiary/aromatic N) is 3. The monoisotopic (exact) mass is 489 g/mol. The Labute approximate surface area is 220 Å². The summed E-state index contributed by atoms with van der Waals surface area (Å²) < 4.78 is 8.49. The number of para-hydroxylation sites is 1. The zero-order valence-electron chi connectivity index (χ0n) is 20.5. The molecule has 0 radical (unpaired) electrons. The molecule has 0 fully saturated rings. The summed E-state index contributed by atoms with van der Waals surface area (Å²) in [6, 6.07) is 47.0. The van der Waals surface area contributed by atoms with E-state index in [0.29, 0.717) is 5.88 Å². The lowest BCUT2D eigenvalue weighted by Crippen LogP contribution is -1.98. The Kier molecular flexibility index (Phi) is 5.41. The van der Waals surface area contributed by atoms with Crippen LogP contribution in [0.1, 0.15) is 0 Å². The number of fused-ring (bicyclic) bond motifs is 3. The molecule has 7 aromatic rings. The summed E-state index contributed by atoms with van der Waals surface area (Å²) in [6.45, 7) is 0. The van der Waals surface area contributed by atoms with Crippen LogP contribution in [0.15, 0.2) is 140 Å².